The zero-order valence-corrected chi connectivity index (χ0v) is 14.1. The first-order valence-corrected chi connectivity index (χ1v) is 7.52. The molecule has 0 spiro atoms. The summed E-state index contributed by atoms with van der Waals surface area (Å²) in [6.45, 7) is 1.71. The molecule has 4 nitrogen and oxygen atoms in total. The van der Waals surface area contributed by atoms with Gasteiger partial charge in [0.25, 0.3) is 0 Å². The minimum atomic E-state index is 0. The van der Waals surface area contributed by atoms with E-state index in [0.29, 0.717) is 18.1 Å². The van der Waals surface area contributed by atoms with Gasteiger partial charge >= 0.3 is 0 Å². The molecule has 19 heavy (non-hydrogen) atoms. The number of nitrogens with two attached hydrogens (primary N) is 1. The van der Waals surface area contributed by atoms with Crippen molar-refractivity contribution in [2.24, 2.45) is 10.7 Å². The first-order chi connectivity index (χ1) is 8.84. The molecule has 0 aromatic carbocycles. The van der Waals surface area contributed by atoms with Crippen molar-refractivity contribution in [3.05, 3.63) is 0 Å². The molecule has 1 aliphatic carbocycles. The molecule has 2 aliphatic rings. The molecule has 0 aromatic heterocycles. The molecule has 112 valence electrons. The summed E-state index contributed by atoms with van der Waals surface area (Å²) in [6, 6.07) is 0.549. The van der Waals surface area contributed by atoms with E-state index >= 15 is 0 Å². The number of ether oxygens (including phenoxy) is 1. The van der Waals surface area contributed by atoms with Crippen LogP contribution in [-0.4, -0.2) is 31.3 Å². The van der Waals surface area contributed by atoms with Gasteiger partial charge in [-0.15, -0.1) is 24.0 Å². The van der Waals surface area contributed by atoms with Crippen molar-refractivity contribution in [2.75, 3.05) is 13.2 Å². The van der Waals surface area contributed by atoms with Crippen LogP contribution in [0.3, 0.4) is 0 Å². The summed E-state index contributed by atoms with van der Waals surface area (Å²) in [7, 11) is 0. The van der Waals surface area contributed by atoms with Gasteiger partial charge in [0.2, 0.25) is 0 Å². The first kappa shape index (κ1) is 17.0. The predicted molar refractivity (Wildman–Crippen MR) is 90.1 cm³/mol. The molecular weight excluding hydrogens is 353 g/mol. The second-order valence-electron chi connectivity index (χ2n) is 5.52. The van der Waals surface area contributed by atoms with E-state index in [9.17, 15) is 0 Å². The highest BCUT2D eigenvalue weighted by atomic mass is 127. The summed E-state index contributed by atoms with van der Waals surface area (Å²) in [5, 5.41) is 3.34. The molecule has 0 radical (unpaired) electrons. The molecule has 2 rings (SSSR count). The van der Waals surface area contributed by atoms with Crippen molar-refractivity contribution in [1.29, 1.82) is 0 Å². The van der Waals surface area contributed by atoms with Crippen LogP contribution in [0.2, 0.25) is 0 Å². The Hall–Kier alpha value is -0.0400. The summed E-state index contributed by atoms with van der Waals surface area (Å²) >= 11 is 0. The van der Waals surface area contributed by atoms with Crippen LogP contribution in [0.4, 0.5) is 0 Å². The van der Waals surface area contributed by atoms with Crippen LogP contribution in [0.5, 0.6) is 0 Å². The number of rotatable bonds is 4. The van der Waals surface area contributed by atoms with Crippen LogP contribution >= 0.6 is 24.0 Å². The third kappa shape index (κ3) is 6.79. The number of aliphatic imine (C=N–C) groups is 1. The molecule has 1 unspecified atom stereocenters. The Kier molecular flexibility index (Phi) is 8.77. The van der Waals surface area contributed by atoms with Gasteiger partial charge in [-0.1, -0.05) is 19.3 Å². The Morgan fingerprint density at radius 1 is 1.11 bits per heavy atom. The predicted octanol–water partition coefficient (Wildman–Crippen LogP) is 2.80. The normalized spacial score (nSPS) is 25.7. The van der Waals surface area contributed by atoms with Crippen LogP contribution in [0.1, 0.15) is 57.8 Å². The molecular formula is C14H28IN3O. The Balaban J connectivity index is 0.00000180. The van der Waals surface area contributed by atoms with Gasteiger partial charge in [0.05, 0.1) is 6.10 Å². The lowest BCUT2D eigenvalue weighted by molar-refractivity contribution is 0.0129. The van der Waals surface area contributed by atoms with Crippen molar-refractivity contribution in [3.8, 4) is 0 Å². The summed E-state index contributed by atoms with van der Waals surface area (Å²) in [4.78, 5) is 4.42. The van der Waals surface area contributed by atoms with Gasteiger partial charge in [-0.25, -0.2) is 0 Å². The van der Waals surface area contributed by atoms with E-state index in [1.165, 1.54) is 51.4 Å². The quantitative estimate of drug-likeness (QED) is 0.447. The Morgan fingerprint density at radius 3 is 2.53 bits per heavy atom. The minimum Gasteiger partial charge on any atom is -0.378 e. The lowest BCUT2D eigenvalue weighted by atomic mass is 9.96. The van der Waals surface area contributed by atoms with Gasteiger partial charge in [-0.3, -0.25) is 4.99 Å². The fourth-order valence-electron chi connectivity index (χ4n) is 2.87. The van der Waals surface area contributed by atoms with Crippen LogP contribution in [0.15, 0.2) is 4.99 Å². The summed E-state index contributed by atoms with van der Waals surface area (Å²) in [5.41, 5.74) is 5.92. The number of hydrogen-bond acceptors (Lipinski definition) is 2. The van der Waals surface area contributed by atoms with Crippen LogP contribution in [0.25, 0.3) is 0 Å². The molecule has 0 aromatic rings. The molecule has 1 saturated carbocycles. The topological polar surface area (TPSA) is 59.6 Å². The van der Waals surface area contributed by atoms with Gasteiger partial charge in [-0.05, 0) is 38.5 Å². The molecule has 1 aliphatic heterocycles. The van der Waals surface area contributed by atoms with E-state index in [1.807, 2.05) is 0 Å². The molecule has 1 atom stereocenters. The highest BCUT2D eigenvalue weighted by Gasteiger charge is 2.14. The molecule has 1 saturated heterocycles. The van der Waals surface area contributed by atoms with E-state index in [4.69, 9.17) is 10.5 Å². The maximum absolute atomic E-state index is 5.92. The van der Waals surface area contributed by atoms with E-state index in [-0.39, 0.29) is 24.0 Å². The van der Waals surface area contributed by atoms with Crippen molar-refractivity contribution >= 4 is 29.9 Å². The zero-order valence-electron chi connectivity index (χ0n) is 11.8. The zero-order chi connectivity index (χ0) is 12.6. The average Bonchev–Trinajstić information content (AvgIpc) is 2.41. The molecule has 1 heterocycles. The van der Waals surface area contributed by atoms with Crippen molar-refractivity contribution in [2.45, 2.75) is 69.9 Å². The third-order valence-electron chi connectivity index (χ3n) is 3.96. The maximum Gasteiger partial charge on any atom is 0.188 e. The molecule has 0 amide bonds. The van der Waals surface area contributed by atoms with Crippen LogP contribution < -0.4 is 11.1 Å². The van der Waals surface area contributed by atoms with Crippen LogP contribution in [-0.2, 0) is 4.74 Å². The molecule has 3 N–H and O–H groups in total. The summed E-state index contributed by atoms with van der Waals surface area (Å²) < 4.78 is 5.68. The Labute approximate surface area is 134 Å². The standard InChI is InChI=1S/C14H27N3O.HI/c15-14(17-12-6-2-1-3-7-12)16-10-9-13-8-4-5-11-18-13;/h12-13H,1-11H2,(H3,15,16,17);1H. The monoisotopic (exact) mass is 381 g/mol. The Bertz CT molecular complexity index is 261. The second-order valence-corrected chi connectivity index (χ2v) is 5.52. The number of nitrogens with one attached hydrogen (secondary N) is 1. The lowest BCUT2D eigenvalue weighted by Gasteiger charge is -2.23. The minimum absolute atomic E-state index is 0. The Morgan fingerprint density at radius 2 is 1.84 bits per heavy atom. The first-order valence-electron chi connectivity index (χ1n) is 7.52. The number of hydrogen-bond donors (Lipinski definition) is 2. The maximum atomic E-state index is 5.92. The van der Waals surface area contributed by atoms with Crippen molar-refractivity contribution < 1.29 is 4.74 Å². The molecule has 2 fully saturated rings. The molecule has 5 heteroatoms. The van der Waals surface area contributed by atoms with E-state index < -0.39 is 0 Å². The highest BCUT2D eigenvalue weighted by molar-refractivity contribution is 14.0. The van der Waals surface area contributed by atoms with Crippen molar-refractivity contribution in [3.63, 3.8) is 0 Å². The number of halogens is 1. The summed E-state index contributed by atoms with van der Waals surface area (Å²) in [5.74, 6) is 0.623. The van der Waals surface area contributed by atoms with Gasteiger partial charge in [-0.2, -0.15) is 0 Å². The van der Waals surface area contributed by atoms with E-state index in [1.54, 1.807) is 0 Å². The number of nitrogens with zero attached hydrogens (tertiary/aromatic N) is 1. The molecule has 0 bridgehead atoms. The third-order valence-corrected chi connectivity index (χ3v) is 3.96. The largest absolute Gasteiger partial charge is 0.378 e. The second kappa shape index (κ2) is 9.80. The highest BCUT2D eigenvalue weighted by Crippen LogP contribution is 2.17. The van der Waals surface area contributed by atoms with E-state index in [0.717, 1.165) is 19.6 Å². The number of guanidine groups is 1. The van der Waals surface area contributed by atoms with Crippen molar-refractivity contribution in [1.82, 2.24) is 5.32 Å². The van der Waals surface area contributed by atoms with Crippen LogP contribution in [0, 0.1) is 0 Å². The van der Waals surface area contributed by atoms with E-state index in [2.05, 4.69) is 10.3 Å². The summed E-state index contributed by atoms with van der Waals surface area (Å²) in [6.07, 6.45) is 11.6. The fourth-order valence-corrected chi connectivity index (χ4v) is 2.87. The van der Waals surface area contributed by atoms with Gasteiger partial charge < -0.3 is 15.8 Å². The van der Waals surface area contributed by atoms with Gasteiger partial charge in [0.15, 0.2) is 5.96 Å². The average molecular weight is 381 g/mol. The van der Waals surface area contributed by atoms with Gasteiger partial charge in [0.1, 0.15) is 0 Å². The van der Waals surface area contributed by atoms with Gasteiger partial charge in [0, 0.05) is 19.2 Å². The fraction of sp³-hybridized carbons (Fsp3) is 0.929. The lowest BCUT2D eigenvalue weighted by Crippen LogP contribution is -2.41. The SMILES string of the molecule is I.NC(=NCCC1CCCCO1)NC1CCCCC1. The smallest absolute Gasteiger partial charge is 0.188 e.